The van der Waals surface area contributed by atoms with E-state index in [2.05, 4.69) is 0 Å². The summed E-state index contributed by atoms with van der Waals surface area (Å²) in [6.45, 7) is 1.65. The summed E-state index contributed by atoms with van der Waals surface area (Å²) in [5.41, 5.74) is -1.67. The average Bonchev–Trinajstić information content (AvgIpc) is 2.32. The first kappa shape index (κ1) is 9.80. The van der Waals surface area contributed by atoms with Gasteiger partial charge in [-0.1, -0.05) is 6.92 Å². The number of alkyl halides is 1. The molecule has 0 aromatic carbocycles. The lowest BCUT2D eigenvalue weighted by Crippen LogP contribution is -2.48. The molecule has 0 aromatic rings. The SMILES string of the molecule is CC1SCCC1(O)C(F)C(=O)O. The van der Waals surface area contributed by atoms with Crippen molar-refractivity contribution in [3.05, 3.63) is 0 Å². The van der Waals surface area contributed by atoms with Crippen LogP contribution in [0.3, 0.4) is 0 Å². The van der Waals surface area contributed by atoms with Crippen LogP contribution >= 0.6 is 11.8 Å². The van der Waals surface area contributed by atoms with Gasteiger partial charge in [0.1, 0.15) is 5.60 Å². The van der Waals surface area contributed by atoms with E-state index < -0.39 is 17.7 Å². The van der Waals surface area contributed by atoms with Crippen molar-refractivity contribution >= 4 is 17.7 Å². The van der Waals surface area contributed by atoms with E-state index in [-0.39, 0.29) is 11.7 Å². The molecule has 0 saturated carbocycles. The maximum atomic E-state index is 13.0. The number of carboxylic acid groups (broad SMARTS) is 1. The van der Waals surface area contributed by atoms with Gasteiger partial charge < -0.3 is 10.2 Å². The van der Waals surface area contributed by atoms with Crippen LogP contribution in [0.5, 0.6) is 0 Å². The molecule has 70 valence electrons. The van der Waals surface area contributed by atoms with E-state index >= 15 is 0 Å². The van der Waals surface area contributed by atoms with Gasteiger partial charge in [0.2, 0.25) is 6.17 Å². The molecule has 1 saturated heterocycles. The van der Waals surface area contributed by atoms with E-state index in [9.17, 15) is 14.3 Å². The van der Waals surface area contributed by atoms with Gasteiger partial charge in [0.05, 0.1) is 0 Å². The molecular weight excluding hydrogens is 183 g/mol. The van der Waals surface area contributed by atoms with Gasteiger partial charge in [0.15, 0.2) is 0 Å². The summed E-state index contributed by atoms with van der Waals surface area (Å²) in [6, 6.07) is 0. The number of carbonyl (C=O) groups is 1. The molecule has 0 aromatic heterocycles. The first-order valence-corrected chi connectivity index (χ1v) is 4.74. The van der Waals surface area contributed by atoms with Crippen LogP contribution in [0.2, 0.25) is 0 Å². The van der Waals surface area contributed by atoms with Gasteiger partial charge >= 0.3 is 5.97 Å². The number of carboxylic acids is 1. The number of aliphatic hydroxyl groups is 1. The Bertz CT molecular complexity index is 199. The van der Waals surface area contributed by atoms with Crippen LogP contribution in [0.4, 0.5) is 4.39 Å². The zero-order valence-corrected chi connectivity index (χ0v) is 7.47. The highest BCUT2D eigenvalue weighted by Gasteiger charge is 2.49. The monoisotopic (exact) mass is 194 g/mol. The fourth-order valence-corrected chi connectivity index (χ4v) is 2.62. The Balaban J connectivity index is 2.76. The summed E-state index contributed by atoms with van der Waals surface area (Å²) in [4.78, 5) is 10.3. The summed E-state index contributed by atoms with van der Waals surface area (Å²) in [5, 5.41) is 17.7. The Morgan fingerprint density at radius 1 is 1.83 bits per heavy atom. The van der Waals surface area contributed by atoms with E-state index in [0.29, 0.717) is 5.75 Å². The first-order valence-electron chi connectivity index (χ1n) is 3.69. The molecule has 1 heterocycles. The molecule has 1 fully saturated rings. The molecule has 1 aliphatic rings. The molecule has 0 spiro atoms. The second-order valence-corrected chi connectivity index (χ2v) is 4.40. The second kappa shape index (κ2) is 3.22. The van der Waals surface area contributed by atoms with E-state index in [1.807, 2.05) is 0 Å². The fourth-order valence-electron chi connectivity index (χ4n) is 1.29. The van der Waals surface area contributed by atoms with Crippen molar-refractivity contribution < 1.29 is 19.4 Å². The van der Waals surface area contributed by atoms with Gasteiger partial charge in [-0.3, -0.25) is 0 Å². The van der Waals surface area contributed by atoms with Crippen LogP contribution in [0, 0.1) is 0 Å². The number of hydrogen-bond acceptors (Lipinski definition) is 3. The van der Waals surface area contributed by atoms with Gasteiger partial charge in [0, 0.05) is 5.25 Å². The first-order chi connectivity index (χ1) is 5.48. The molecule has 0 radical (unpaired) electrons. The summed E-state index contributed by atoms with van der Waals surface area (Å²) in [6.07, 6.45) is -1.95. The molecule has 0 amide bonds. The number of halogens is 1. The maximum absolute atomic E-state index is 13.0. The minimum Gasteiger partial charge on any atom is -0.479 e. The van der Waals surface area contributed by atoms with E-state index in [0.717, 1.165) is 0 Å². The highest BCUT2D eigenvalue weighted by molar-refractivity contribution is 8.00. The number of thioether (sulfide) groups is 1. The highest BCUT2D eigenvalue weighted by Crippen LogP contribution is 2.39. The van der Waals surface area contributed by atoms with Gasteiger partial charge in [-0.2, -0.15) is 11.8 Å². The summed E-state index contributed by atoms with van der Waals surface area (Å²) in [5.74, 6) is -0.961. The Morgan fingerprint density at radius 2 is 2.42 bits per heavy atom. The lowest BCUT2D eigenvalue weighted by Gasteiger charge is -2.27. The van der Waals surface area contributed by atoms with Gasteiger partial charge in [-0.05, 0) is 12.2 Å². The lowest BCUT2D eigenvalue weighted by atomic mass is 9.92. The van der Waals surface area contributed by atoms with Crippen LogP contribution in [0.15, 0.2) is 0 Å². The minimum atomic E-state index is -2.16. The van der Waals surface area contributed by atoms with Crippen LogP contribution in [0.25, 0.3) is 0 Å². The topological polar surface area (TPSA) is 57.5 Å². The third-order valence-electron chi connectivity index (χ3n) is 2.23. The zero-order valence-electron chi connectivity index (χ0n) is 6.66. The fraction of sp³-hybridized carbons (Fsp3) is 0.857. The van der Waals surface area contributed by atoms with Gasteiger partial charge in [0.25, 0.3) is 0 Å². The van der Waals surface area contributed by atoms with Crippen molar-refractivity contribution in [2.24, 2.45) is 0 Å². The average molecular weight is 194 g/mol. The molecule has 12 heavy (non-hydrogen) atoms. The van der Waals surface area contributed by atoms with Crippen molar-refractivity contribution in [1.29, 1.82) is 0 Å². The normalized spacial score (nSPS) is 38.1. The van der Waals surface area contributed by atoms with Crippen molar-refractivity contribution in [3.63, 3.8) is 0 Å². The smallest absolute Gasteiger partial charge is 0.341 e. The minimum absolute atomic E-state index is 0.215. The Morgan fingerprint density at radius 3 is 2.75 bits per heavy atom. The third-order valence-corrected chi connectivity index (χ3v) is 3.58. The largest absolute Gasteiger partial charge is 0.479 e. The maximum Gasteiger partial charge on any atom is 0.341 e. The highest BCUT2D eigenvalue weighted by atomic mass is 32.2. The Kier molecular flexibility index (Phi) is 2.63. The molecule has 3 nitrogen and oxygen atoms in total. The molecule has 1 rings (SSSR count). The second-order valence-electron chi connectivity index (χ2n) is 2.96. The standard InChI is InChI=1S/C7H11FO3S/c1-4-7(11,2-3-12-4)5(8)6(9)10/h4-5,11H,2-3H2,1H3,(H,9,10). The molecule has 0 bridgehead atoms. The van der Waals surface area contributed by atoms with Gasteiger partial charge in [-0.25, -0.2) is 9.18 Å². The molecule has 3 unspecified atom stereocenters. The van der Waals surface area contributed by atoms with Gasteiger partial charge in [-0.15, -0.1) is 0 Å². The third kappa shape index (κ3) is 1.43. The number of rotatable bonds is 2. The predicted octanol–water partition coefficient (Wildman–Crippen LogP) is 0.666. The van der Waals surface area contributed by atoms with Crippen LogP contribution in [-0.4, -0.2) is 39.0 Å². The summed E-state index contributed by atoms with van der Waals surface area (Å²) < 4.78 is 13.0. The lowest BCUT2D eigenvalue weighted by molar-refractivity contribution is -0.153. The Labute approximate surface area is 74.0 Å². The Hall–Kier alpha value is -0.290. The van der Waals surface area contributed by atoms with Crippen molar-refractivity contribution in [2.75, 3.05) is 5.75 Å². The van der Waals surface area contributed by atoms with Crippen LogP contribution < -0.4 is 0 Å². The van der Waals surface area contributed by atoms with E-state index in [1.165, 1.54) is 11.8 Å². The summed E-state index contributed by atoms with van der Waals surface area (Å²) in [7, 11) is 0. The molecular formula is C7H11FO3S. The van der Waals surface area contributed by atoms with Crippen molar-refractivity contribution in [1.82, 2.24) is 0 Å². The molecule has 3 atom stereocenters. The number of aliphatic carboxylic acids is 1. The van der Waals surface area contributed by atoms with Crippen LogP contribution in [0.1, 0.15) is 13.3 Å². The summed E-state index contributed by atoms with van der Waals surface area (Å²) >= 11 is 1.40. The quantitative estimate of drug-likeness (QED) is 0.678. The molecule has 2 N–H and O–H groups in total. The van der Waals surface area contributed by atoms with Crippen molar-refractivity contribution in [3.8, 4) is 0 Å². The van der Waals surface area contributed by atoms with Crippen molar-refractivity contribution in [2.45, 2.75) is 30.4 Å². The molecule has 0 aliphatic carbocycles. The molecule has 1 aliphatic heterocycles. The van der Waals surface area contributed by atoms with Crippen LogP contribution in [-0.2, 0) is 4.79 Å². The molecule has 5 heteroatoms. The zero-order chi connectivity index (χ0) is 9.35. The van der Waals surface area contributed by atoms with E-state index in [1.54, 1.807) is 6.92 Å². The van der Waals surface area contributed by atoms with E-state index in [4.69, 9.17) is 5.11 Å². The predicted molar refractivity (Wildman–Crippen MR) is 44.0 cm³/mol. The number of hydrogen-bond donors (Lipinski definition) is 2.